The first-order valence-electron chi connectivity index (χ1n) is 5.10. The van der Waals surface area contributed by atoms with Crippen LogP contribution in [0.5, 0.6) is 0 Å². The number of hydrogen-bond donors (Lipinski definition) is 0. The van der Waals surface area contributed by atoms with Gasteiger partial charge in [-0.05, 0) is 0 Å². The van der Waals surface area contributed by atoms with E-state index in [-0.39, 0.29) is 0 Å². The van der Waals surface area contributed by atoms with Crippen LogP contribution in [-0.2, 0) is 0 Å². The molecule has 14 heavy (non-hydrogen) atoms. The smallest absolute Gasteiger partial charge is 0.129 e. The van der Waals surface area contributed by atoms with Crippen LogP contribution < -0.4 is 0 Å². The monoisotopic (exact) mass is 224 g/mol. The molecule has 0 saturated heterocycles. The molecule has 0 atom stereocenters. The molecule has 0 spiro atoms. The zero-order valence-corrected chi connectivity index (χ0v) is 12.8. The molecular weight excluding hydrogens is 200 g/mol. The van der Waals surface area contributed by atoms with Gasteiger partial charge in [0, 0.05) is 6.42 Å². The van der Waals surface area contributed by atoms with Crippen molar-refractivity contribution in [2.45, 2.75) is 52.6 Å². The summed E-state index contributed by atoms with van der Waals surface area (Å²) in [5, 5.41) is 0. The maximum Gasteiger partial charge on any atom is 0.129 e. The molecule has 0 saturated carbocycles. The van der Waals surface area contributed by atoms with Crippen LogP contribution in [0, 0.1) is 23.4 Å². The molecule has 0 aromatic carbocycles. The van der Waals surface area contributed by atoms with E-state index in [1.165, 1.54) is 0 Å². The predicted molar refractivity (Wildman–Crippen MR) is 73.6 cm³/mol. The van der Waals surface area contributed by atoms with E-state index in [2.05, 4.69) is 63.2 Å². The van der Waals surface area contributed by atoms with E-state index in [0.29, 0.717) is 0 Å². The highest BCUT2D eigenvalue weighted by molar-refractivity contribution is 6.84. The van der Waals surface area contributed by atoms with Crippen molar-refractivity contribution in [1.82, 2.24) is 0 Å². The third kappa shape index (κ3) is 22.6. The summed E-state index contributed by atoms with van der Waals surface area (Å²) in [7, 11) is -2.14. The third-order valence-electron chi connectivity index (χ3n) is 1.07. The van der Waals surface area contributed by atoms with Gasteiger partial charge >= 0.3 is 0 Å². The molecule has 0 aliphatic carbocycles. The summed E-state index contributed by atoms with van der Waals surface area (Å²) in [5.41, 5.74) is 6.00. The summed E-state index contributed by atoms with van der Waals surface area (Å²) in [6.45, 7) is 15.3. The fraction of sp³-hybridized carbons (Fsp3) is 0.667. The molecule has 0 fully saturated rings. The van der Waals surface area contributed by atoms with E-state index in [1.54, 1.807) is 0 Å². The van der Waals surface area contributed by atoms with Crippen LogP contribution in [0.4, 0.5) is 0 Å². The Balaban J connectivity index is 0. The second-order valence-electron chi connectivity index (χ2n) is 5.30. The van der Waals surface area contributed by atoms with Crippen LogP contribution >= 0.6 is 0 Å². The lowest BCUT2D eigenvalue weighted by Gasteiger charge is -2.02. The minimum atomic E-state index is -1.10. The Morgan fingerprint density at radius 3 is 1.36 bits per heavy atom. The van der Waals surface area contributed by atoms with Gasteiger partial charge in [-0.3, -0.25) is 0 Å². The van der Waals surface area contributed by atoms with Crippen molar-refractivity contribution in [1.29, 1.82) is 0 Å². The van der Waals surface area contributed by atoms with Gasteiger partial charge in [-0.2, -0.15) is 0 Å². The van der Waals surface area contributed by atoms with Gasteiger partial charge < -0.3 is 0 Å². The lowest BCUT2D eigenvalue weighted by atomic mass is 10.5. The zero-order valence-electron chi connectivity index (χ0n) is 10.8. The van der Waals surface area contributed by atoms with Gasteiger partial charge in [-0.15, -0.1) is 23.4 Å². The second kappa shape index (κ2) is 6.93. The Kier molecular flexibility index (Phi) is 7.92. The molecule has 0 amide bonds. The van der Waals surface area contributed by atoms with Crippen molar-refractivity contribution < 1.29 is 0 Å². The minimum Gasteiger partial charge on any atom is -0.135 e. The first-order valence-corrected chi connectivity index (χ1v) is 12.1. The van der Waals surface area contributed by atoms with E-state index >= 15 is 0 Å². The minimum absolute atomic E-state index is 1.00. The van der Waals surface area contributed by atoms with Gasteiger partial charge in [0.2, 0.25) is 0 Å². The average molecular weight is 224 g/mol. The van der Waals surface area contributed by atoms with Crippen LogP contribution in [0.1, 0.15) is 13.3 Å². The van der Waals surface area contributed by atoms with Crippen molar-refractivity contribution in [3.63, 3.8) is 0 Å². The summed E-state index contributed by atoms with van der Waals surface area (Å²) in [6, 6.07) is 0. The summed E-state index contributed by atoms with van der Waals surface area (Å²) < 4.78 is 0. The van der Waals surface area contributed by atoms with Gasteiger partial charge in [0.15, 0.2) is 0 Å². The molecule has 0 bridgehead atoms. The first kappa shape index (κ1) is 16.0. The number of terminal acetylenes is 1. The lowest BCUT2D eigenvalue weighted by Crippen LogP contribution is -2.16. The maximum absolute atomic E-state index is 5.12. The average Bonchev–Trinajstić information content (AvgIpc) is 1.99. The highest BCUT2D eigenvalue weighted by atomic mass is 28.3. The molecule has 0 radical (unpaired) electrons. The molecule has 0 aliphatic rings. The SMILES string of the molecule is C#C[Si](C)(C)C.CCC#C[Si](C)(C)C. The molecule has 0 unspecified atom stereocenters. The van der Waals surface area contributed by atoms with Crippen molar-refractivity contribution in [3.05, 3.63) is 0 Å². The van der Waals surface area contributed by atoms with Crippen molar-refractivity contribution in [2.24, 2.45) is 0 Å². The molecule has 0 aromatic heterocycles. The van der Waals surface area contributed by atoms with Gasteiger partial charge in [0.1, 0.15) is 16.1 Å². The van der Waals surface area contributed by atoms with Crippen LogP contribution in [0.15, 0.2) is 0 Å². The normalized spacial score (nSPS) is 10.1. The quantitative estimate of drug-likeness (QED) is 0.434. The van der Waals surface area contributed by atoms with E-state index in [1.807, 2.05) is 0 Å². The Morgan fingerprint density at radius 2 is 1.29 bits per heavy atom. The Morgan fingerprint density at radius 1 is 0.929 bits per heavy atom. The predicted octanol–water partition coefficient (Wildman–Crippen LogP) is 3.77. The van der Waals surface area contributed by atoms with Crippen molar-refractivity contribution in [3.8, 4) is 23.4 Å². The van der Waals surface area contributed by atoms with Gasteiger partial charge in [-0.1, -0.05) is 46.2 Å². The van der Waals surface area contributed by atoms with Crippen LogP contribution in [-0.4, -0.2) is 16.1 Å². The first-order chi connectivity index (χ1) is 6.12. The molecule has 0 N–H and O–H groups in total. The molecule has 2 heteroatoms. The fourth-order valence-electron chi connectivity index (χ4n) is 0.354. The number of rotatable bonds is 0. The molecule has 0 aliphatic heterocycles. The lowest BCUT2D eigenvalue weighted by molar-refractivity contribution is 1.28. The number of hydrogen-bond acceptors (Lipinski definition) is 0. The Bertz CT molecular complexity index is 235. The maximum atomic E-state index is 5.12. The van der Waals surface area contributed by atoms with Gasteiger partial charge in [-0.25, -0.2) is 0 Å². The van der Waals surface area contributed by atoms with Crippen LogP contribution in [0.2, 0.25) is 39.3 Å². The Labute approximate surface area is 92.5 Å². The van der Waals surface area contributed by atoms with Crippen molar-refractivity contribution >= 4 is 16.1 Å². The largest absolute Gasteiger partial charge is 0.135 e. The van der Waals surface area contributed by atoms with Gasteiger partial charge in [0.25, 0.3) is 0 Å². The summed E-state index contributed by atoms with van der Waals surface area (Å²) in [6.07, 6.45) is 6.12. The fourth-order valence-corrected chi connectivity index (χ4v) is 1.06. The molecule has 80 valence electrons. The van der Waals surface area contributed by atoms with Crippen molar-refractivity contribution in [2.75, 3.05) is 0 Å². The second-order valence-corrected chi connectivity index (χ2v) is 14.8. The highest BCUT2D eigenvalue weighted by Crippen LogP contribution is 1.96. The topological polar surface area (TPSA) is 0 Å². The summed E-state index contributed by atoms with van der Waals surface area (Å²) in [5.74, 6) is 3.10. The standard InChI is InChI=1S/C7H14Si.C5H10Si/c1-5-6-7-8(2,3)4;1-5-6(2,3)4/h5H2,1-4H3;1H,2-4H3. The molecule has 0 aromatic rings. The van der Waals surface area contributed by atoms with E-state index < -0.39 is 16.1 Å². The van der Waals surface area contributed by atoms with Crippen LogP contribution in [0.3, 0.4) is 0 Å². The van der Waals surface area contributed by atoms with E-state index in [9.17, 15) is 0 Å². The molecular formula is C12H24Si2. The van der Waals surface area contributed by atoms with E-state index in [4.69, 9.17) is 6.42 Å². The molecule has 0 heterocycles. The van der Waals surface area contributed by atoms with Crippen LogP contribution in [0.25, 0.3) is 0 Å². The van der Waals surface area contributed by atoms with E-state index in [0.717, 1.165) is 6.42 Å². The zero-order chi connectivity index (χ0) is 11.8. The summed E-state index contributed by atoms with van der Waals surface area (Å²) >= 11 is 0. The highest BCUT2D eigenvalue weighted by Gasteiger charge is 2.06. The van der Waals surface area contributed by atoms with Gasteiger partial charge in [0.05, 0.1) is 0 Å². The molecule has 0 rings (SSSR count). The summed E-state index contributed by atoms with van der Waals surface area (Å²) in [4.78, 5) is 0. The third-order valence-corrected chi connectivity index (χ3v) is 2.87. The Hall–Kier alpha value is -0.446. The molecule has 0 nitrogen and oxygen atoms in total.